The summed E-state index contributed by atoms with van der Waals surface area (Å²) < 4.78 is 0. The molecule has 0 aliphatic carbocycles. The first-order chi connectivity index (χ1) is 9.08. The van der Waals surface area contributed by atoms with E-state index < -0.39 is 6.10 Å². The van der Waals surface area contributed by atoms with Gasteiger partial charge in [0.25, 0.3) is 0 Å². The van der Waals surface area contributed by atoms with Gasteiger partial charge in [-0.2, -0.15) is 5.10 Å². The van der Waals surface area contributed by atoms with Gasteiger partial charge in [-0.3, -0.25) is 5.10 Å². The molecule has 0 bridgehead atoms. The zero-order chi connectivity index (χ0) is 13.8. The highest BCUT2D eigenvalue weighted by Gasteiger charge is 2.09. The number of rotatable bonds is 5. The fourth-order valence-electron chi connectivity index (χ4n) is 1.97. The number of hydrogen-bond acceptors (Lipinski definition) is 3. The van der Waals surface area contributed by atoms with E-state index in [-0.39, 0.29) is 0 Å². The molecule has 2 rings (SSSR count). The summed E-state index contributed by atoms with van der Waals surface area (Å²) in [6.45, 7) is 5.15. The molecule has 0 fully saturated rings. The average molecular weight is 280 g/mol. The van der Waals surface area contributed by atoms with Crippen LogP contribution in [0.1, 0.15) is 28.6 Å². The van der Waals surface area contributed by atoms with Crippen molar-refractivity contribution in [2.24, 2.45) is 0 Å². The molecule has 102 valence electrons. The van der Waals surface area contributed by atoms with E-state index in [1.165, 1.54) is 0 Å². The number of aliphatic hydroxyl groups excluding tert-OH is 1. The number of hydrogen-bond donors (Lipinski definition) is 3. The molecule has 1 aromatic carbocycles. The van der Waals surface area contributed by atoms with Crippen LogP contribution in [0.5, 0.6) is 0 Å². The molecule has 0 amide bonds. The summed E-state index contributed by atoms with van der Waals surface area (Å²) in [5.74, 6) is 0. The fraction of sp³-hybridized carbons (Fsp3) is 0.357. The maximum Gasteiger partial charge on any atom is 0.0914 e. The van der Waals surface area contributed by atoms with Gasteiger partial charge in [0.15, 0.2) is 0 Å². The van der Waals surface area contributed by atoms with Gasteiger partial charge in [0.05, 0.1) is 11.8 Å². The molecule has 0 saturated heterocycles. The maximum absolute atomic E-state index is 10.0. The first-order valence-electron chi connectivity index (χ1n) is 6.22. The van der Waals surface area contributed by atoms with Gasteiger partial charge in [0, 0.05) is 29.4 Å². The molecule has 0 aliphatic heterocycles. The van der Waals surface area contributed by atoms with Crippen LogP contribution < -0.4 is 5.32 Å². The standard InChI is InChI=1S/C14H18ClN3O/c1-9-13(10(2)18-17-9)7-16-8-14(19)11-3-5-12(15)6-4-11/h3-6,14,16,19H,7-8H2,1-2H3,(H,17,18). The van der Waals surface area contributed by atoms with Crippen LogP contribution >= 0.6 is 11.6 Å². The van der Waals surface area contributed by atoms with Gasteiger partial charge in [-0.25, -0.2) is 0 Å². The zero-order valence-corrected chi connectivity index (χ0v) is 11.8. The van der Waals surface area contributed by atoms with E-state index in [1.807, 2.05) is 26.0 Å². The molecule has 1 atom stereocenters. The van der Waals surface area contributed by atoms with Crippen LogP contribution in [0.25, 0.3) is 0 Å². The largest absolute Gasteiger partial charge is 0.387 e. The third kappa shape index (κ3) is 3.56. The van der Waals surface area contributed by atoms with Crippen LogP contribution in [-0.4, -0.2) is 21.8 Å². The topological polar surface area (TPSA) is 60.9 Å². The molecule has 0 saturated carbocycles. The second-order valence-electron chi connectivity index (χ2n) is 4.61. The SMILES string of the molecule is Cc1n[nH]c(C)c1CNCC(O)c1ccc(Cl)cc1. The van der Waals surface area contributed by atoms with Crippen molar-refractivity contribution < 1.29 is 5.11 Å². The average Bonchev–Trinajstić information content (AvgIpc) is 2.71. The second kappa shape index (κ2) is 6.19. The van der Waals surface area contributed by atoms with E-state index in [0.717, 1.165) is 22.5 Å². The third-order valence-electron chi connectivity index (χ3n) is 3.17. The summed E-state index contributed by atoms with van der Waals surface area (Å²) in [4.78, 5) is 0. The second-order valence-corrected chi connectivity index (χ2v) is 5.05. The molecule has 1 heterocycles. The number of H-pyrrole nitrogens is 1. The highest BCUT2D eigenvalue weighted by molar-refractivity contribution is 6.30. The van der Waals surface area contributed by atoms with Gasteiger partial charge in [-0.05, 0) is 31.5 Å². The quantitative estimate of drug-likeness (QED) is 0.788. The smallest absolute Gasteiger partial charge is 0.0914 e. The third-order valence-corrected chi connectivity index (χ3v) is 3.43. The van der Waals surface area contributed by atoms with Crippen LogP contribution in [0.2, 0.25) is 5.02 Å². The summed E-state index contributed by atoms with van der Waals surface area (Å²) >= 11 is 5.82. The number of benzene rings is 1. The summed E-state index contributed by atoms with van der Waals surface area (Å²) in [6.07, 6.45) is -0.537. The lowest BCUT2D eigenvalue weighted by Gasteiger charge is -2.12. The minimum atomic E-state index is -0.537. The molecule has 4 nitrogen and oxygen atoms in total. The number of nitrogens with one attached hydrogen (secondary N) is 2. The van der Waals surface area contributed by atoms with Crippen molar-refractivity contribution in [1.29, 1.82) is 0 Å². The predicted octanol–water partition coefficient (Wildman–Crippen LogP) is 2.50. The van der Waals surface area contributed by atoms with Gasteiger partial charge in [-0.1, -0.05) is 23.7 Å². The van der Waals surface area contributed by atoms with E-state index in [2.05, 4.69) is 15.5 Å². The lowest BCUT2D eigenvalue weighted by Crippen LogP contribution is -2.21. The summed E-state index contributed by atoms with van der Waals surface area (Å²) in [7, 11) is 0. The first-order valence-corrected chi connectivity index (χ1v) is 6.60. The van der Waals surface area contributed by atoms with Crippen LogP contribution in [0, 0.1) is 13.8 Å². The summed E-state index contributed by atoms with van der Waals surface area (Å²) in [5, 5.41) is 21.0. The van der Waals surface area contributed by atoms with Gasteiger partial charge in [0.1, 0.15) is 0 Å². The van der Waals surface area contributed by atoms with Crippen molar-refractivity contribution in [1.82, 2.24) is 15.5 Å². The van der Waals surface area contributed by atoms with Gasteiger partial charge >= 0.3 is 0 Å². The Bertz CT molecular complexity index is 517. The van der Waals surface area contributed by atoms with Gasteiger partial charge in [0.2, 0.25) is 0 Å². The predicted molar refractivity (Wildman–Crippen MR) is 76.2 cm³/mol. The Morgan fingerprint density at radius 2 is 2.00 bits per heavy atom. The van der Waals surface area contributed by atoms with E-state index in [9.17, 15) is 5.11 Å². The Morgan fingerprint density at radius 1 is 1.32 bits per heavy atom. The molecular formula is C14H18ClN3O. The Balaban J connectivity index is 1.87. The monoisotopic (exact) mass is 279 g/mol. The molecule has 0 spiro atoms. The van der Waals surface area contributed by atoms with Crippen LogP contribution in [-0.2, 0) is 6.54 Å². The van der Waals surface area contributed by atoms with E-state index in [0.29, 0.717) is 18.1 Å². The van der Waals surface area contributed by atoms with Crippen LogP contribution in [0.15, 0.2) is 24.3 Å². The molecule has 1 unspecified atom stereocenters. The number of aromatic amines is 1. The lowest BCUT2D eigenvalue weighted by molar-refractivity contribution is 0.174. The normalized spacial score (nSPS) is 12.6. The van der Waals surface area contributed by atoms with E-state index in [4.69, 9.17) is 11.6 Å². The van der Waals surface area contributed by atoms with Crippen LogP contribution in [0.3, 0.4) is 0 Å². The Morgan fingerprint density at radius 3 is 2.58 bits per heavy atom. The minimum Gasteiger partial charge on any atom is -0.387 e. The molecule has 1 aromatic heterocycles. The highest BCUT2D eigenvalue weighted by Crippen LogP contribution is 2.16. The minimum absolute atomic E-state index is 0.492. The molecular weight excluding hydrogens is 262 g/mol. The van der Waals surface area contributed by atoms with Crippen molar-refractivity contribution >= 4 is 11.6 Å². The number of aromatic nitrogens is 2. The van der Waals surface area contributed by atoms with E-state index >= 15 is 0 Å². The fourth-order valence-corrected chi connectivity index (χ4v) is 2.10. The zero-order valence-electron chi connectivity index (χ0n) is 11.1. The maximum atomic E-state index is 10.0. The molecule has 19 heavy (non-hydrogen) atoms. The number of aryl methyl sites for hydroxylation is 2. The van der Waals surface area contributed by atoms with Crippen molar-refractivity contribution in [3.63, 3.8) is 0 Å². The van der Waals surface area contributed by atoms with Crippen molar-refractivity contribution in [2.45, 2.75) is 26.5 Å². The Kier molecular flexibility index (Phi) is 4.58. The summed E-state index contributed by atoms with van der Waals surface area (Å²) in [6, 6.07) is 7.24. The molecule has 2 aromatic rings. The van der Waals surface area contributed by atoms with Gasteiger partial charge in [-0.15, -0.1) is 0 Å². The van der Waals surface area contributed by atoms with Crippen molar-refractivity contribution in [3.8, 4) is 0 Å². The Hall–Kier alpha value is -1.36. The van der Waals surface area contributed by atoms with Crippen molar-refractivity contribution in [2.75, 3.05) is 6.54 Å². The highest BCUT2D eigenvalue weighted by atomic mass is 35.5. The van der Waals surface area contributed by atoms with Gasteiger partial charge < -0.3 is 10.4 Å². The number of halogens is 1. The first kappa shape index (κ1) is 14.1. The number of aliphatic hydroxyl groups is 1. The molecule has 5 heteroatoms. The summed E-state index contributed by atoms with van der Waals surface area (Å²) in [5.41, 5.74) is 4.07. The van der Waals surface area contributed by atoms with Crippen LogP contribution in [0.4, 0.5) is 0 Å². The van der Waals surface area contributed by atoms with Crippen molar-refractivity contribution in [3.05, 3.63) is 51.8 Å². The Labute approximate surface area is 117 Å². The number of nitrogens with zero attached hydrogens (tertiary/aromatic N) is 1. The molecule has 0 aliphatic rings. The van der Waals surface area contributed by atoms with E-state index in [1.54, 1.807) is 12.1 Å². The lowest BCUT2D eigenvalue weighted by atomic mass is 10.1. The molecule has 0 radical (unpaired) electrons. The molecule has 3 N–H and O–H groups in total.